The lowest BCUT2D eigenvalue weighted by atomic mass is 10.1. The van der Waals surface area contributed by atoms with E-state index in [2.05, 4.69) is 10.9 Å². The molecule has 0 aromatic heterocycles. The molecule has 0 spiro atoms. The SMILES string of the molecule is O=C(CCCOc1ccccc1)NNC(=O)Cc1ccc(Cl)cc1. The van der Waals surface area contributed by atoms with Crippen LogP contribution in [0.2, 0.25) is 5.02 Å². The number of rotatable bonds is 7. The van der Waals surface area contributed by atoms with Gasteiger partial charge in [-0.25, -0.2) is 0 Å². The standard InChI is InChI=1S/C18H19ClN2O3/c19-15-10-8-14(9-11-15)13-18(23)21-20-17(22)7-4-12-24-16-5-2-1-3-6-16/h1-3,5-6,8-11H,4,7,12-13H2,(H,20,22)(H,21,23). The van der Waals surface area contributed by atoms with Gasteiger partial charge in [-0.15, -0.1) is 0 Å². The van der Waals surface area contributed by atoms with Gasteiger partial charge in [-0.2, -0.15) is 0 Å². The van der Waals surface area contributed by atoms with Crippen molar-refractivity contribution in [3.05, 3.63) is 65.2 Å². The van der Waals surface area contributed by atoms with Crippen LogP contribution in [0.5, 0.6) is 5.75 Å². The summed E-state index contributed by atoms with van der Waals surface area (Å²) in [6.07, 6.45) is 1.01. The van der Waals surface area contributed by atoms with Crippen LogP contribution in [0.15, 0.2) is 54.6 Å². The second-order valence-corrected chi connectivity index (χ2v) is 5.60. The van der Waals surface area contributed by atoms with E-state index in [1.165, 1.54) is 0 Å². The molecule has 0 radical (unpaired) electrons. The molecule has 0 atom stereocenters. The highest BCUT2D eigenvalue weighted by molar-refractivity contribution is 6.30. The zero-order chi connectivity index (χ0) is 17.2. The summed E-state index contributed by atoms with van der Waals surface area (Å²) in [6.45, 7) is 0.441. The zero-order valence-corrected chi connectivity index (χ0v) is 13.9. The maximum Gasteiger partial charge on any atom is 0.242 e. The first-order chi connectivity index (χ1) is 11.6. The van der Waals surface area contributed by atoms with E-state index in [4.69, 9.17) is 16.3 Å². The maximum absolute atomic E-state index is 11.7. The number of carbonyl (C=O) groups is 2. The molecule has 0 saturated carbocycles. The highest BCUT2D eigenvalue weighted by Gasteiger charge is 2.06. The molecule has 6 heteroatoms. The molecule has 2 rings (SSSR count). The van der Waals surface area contributed by atoms with Crippen LogP contribution in [0.25, 0.3) is 0 Å². The molecular formula is C18H19ClN2O3. The first-order valence-electron chi connectivity index (χ1n) is 7.63. The smallest absolute Gasteiger partial charge is 0.242 e. The van der Waals surface area contributed by atoms with Gasteiger partial charge in [-0.05, 0) is 36.2 Å². The fourth-order valence-corrected chi connectivity index (χ4v) is 2.10. The first-order valence-corrected chi connectivity index (χ1v) is 8.01. The second-order valence-electron chi connectivity index (χ2n) is 5.16. The molecule has 0 fully saturated rings. The number of amides is 2. The van der Waals surface area contributed by atoms with Gasteiger partial charge < -0.3 is 4.74 Å². The second kappa shape index (κ2) is 9.57. The van der Waals surface area contributed by atoms with Gasteiger partial charge in [0.25, 0.3) is 0 Å². The Morgan fingerprint density at radius 3 is 2.29 bits per heavy atom. The Morgan fingerprint density at radius 2 is 1.58 bits per heavy atom. The molecule has 126 valence electrons. The number of carbonyl (C=O) groups excluding carboxylic acids is 2. The van der Waals surface area contributed by atoms with Crippen LogP contribution in [-0.4, -0.2) is 18.4 Å². The highest BCUT2D eigenvalue weighted by Crippen LogP contribution is 2.10. The van der Waals surface area contributed by atoms with Gasteiger partial charge >= 0.3 is 0 Å². The van der Waals surface area contributed by atoms with Crippen LogP contribution in [0, 0.1) is 0 Å². The Bertz CT molecular complexity index is 660. The van der Waals surface area contributed by atoms with Crippen molar-refractivity contribution in [2.24, 2.45) is 0 Å². The van der Waals surface area contributed by atoms with E-state index in [1.54, 1.807) is 24.3 Å². The lowest BCUT2D eigenvalue weighted by Crippen LogP contribution is -2.42. The minimum absolute atomic E-state index is 0.175. The van der Waals surface area contributed by atoms with Gasteiger partial charge in [0, 0.05) is 11.4 Å². The van der Waals surface area contributed by atoms with Crippen molar-refractivity contribution in [2.45, 2.75) is 19.3 Å². The summed E-state index contributed by atoms with van der Waals surface area (Å²) in [4.78, 5) is 23.4. The minimum atomic E-state index is -0.286. The summed E-state index contributed by atoms with van der Waals surface area (Å²) in [7, 11) is 0. The number of halogens is 1. The summed E-state index contributed by atoms with van der Waals surface area (Å²) >= 11 is 5.78. The molecule has 2 N–H and O–H groups in total. The van der Waals surface area contributed by atoms with Crippen LogP contribution in [0.4, 0.5) is 0 Å². The summed E-state index contributed by atoms with van der Waals surface area (Å²) in [5, 5.41) is 0.616. The number of benzene rings is 2. The van der Waals surface area contributed by atoms with Crippen molar-refractivity contribution >= 4 is 23.4 Å². The van der Waals surface area contributed by atoms with Crippen LogP contribution in [0.3, 0.4) is 0 Å². The third kappa shape index (κ3) is 6.71. The third-order valence-electron chi connectivity index (χ3n) is 3.18. The number of nitrogens with one attached hydrogen (secondary N) is 2. The molecule has 0 bridgehead atoms. The number of hydrogen-bond donors (Lipinski definition) is 2. The summed E-state index contributed by atoms with van der Waals surface area (Å²) in [6, 6.07) is 16.4. The van der Waals surface area contributed by atoms with Gasteiger partial charge in [0.2, 0.25) is 11.8 Å². The van der Waals surface area contributed by atoms with Crippen molar-refractivity contribution in [1.82, 2.24) is 10.9 Å². The summed E-state index contributed by atoms with van der Waals surface area (Å²) in [5.41, 5.74) is 5.61. The van der Waals surface area contributed by atoms with Gasteiger partial charge in [0.15, 0.2) is 0 Å². The van der Waals surface area contributed by atoms with Crippen molar-refractivity contribution in [3.63, 3.8) is 0 Å². The zero-order valence-electron chi connectivity index (χ0n) is 13.1. The molecule has 0 aliphatic rings. The van der Waals surface area contributed by atoms with Crippen LogP contribution in [0.1, 0.15) is 18.4 Å². The Kier molecular flexibility index (Phi) is 7.11. The van der Waals surface area contributed by atoms with Gasteiger partial charge in [-0.1, -0.05) is 41.9 Å². The summed E-state index contributed by atoms with van der Waals surface area (Å²) < 4.78 is 5.49. The molecule has 0 saturated heterocycles. The lowest BCUT2D eigenvalue weighted by molar-refractivity contribution is -0.128. The normalized spacial score (nSPS) is 10.0. The summed E-state index contributed by atoms with van der Waals surface area (Å²) in [5.74, 6) is 0.233. The quantitative estimate of drug-likeness (QED) is 0.598. The number of hydrazine groups is 1. The third-order valence-corrected chi connectivity index (χ3v) is 3.43. The van der Waals surface area contributed by atoms with E-state index in [-0.39, 0.29) is 24.7 Å². The fraction of sp³-hybridized carbons (Fsp3) is 0.222. The molecule has 0 aliphatic heterocycles. The van der Waals surface area contributed by atoms with Gasteiger partial charge in [-0.3, -0.25) is 20.4 Å². The molecular weight excluding hydrogens is 328 g/mol. The van der Waals surface area contributed by atoms with Crippen molar-refractivity contribution in [3.8, 4) is 5.75 Å². The minimum Gasteiger partial charge on any atom is -0.494 e. The Morgan fingerprint density at radius 1 is 0.917 bits per heavy atom. The predicted molar refractivity (Wildman–Crippen MR) is 92.6 cm³/mol. The predicted octanol–water partition coefficient (Wildman–Crippen LogP) is 2.89. The monoisotopic (exact) mass is 346 g/mol. The number of ether oxygens (including phenoxy) is 1. The Labute approximate surface area is 145 Å². The van der Waals surface area contributed by atoms with Crippen LogP contribution < -0.4 is 15.6 Å². The van der Waals surface area contributed by atoms with Crippen molar-refractivity contribution in [1.29, 1.82) is 0 Å². The van der Waals surface area contributed by atoms with Gasteiger partial charge in [0.1, 0.15) is 5.75 Å². The van der Waals surface area contributed by atoms with E-state index >= 15 is 0 Å². The molecule has 2 amide bonds. The Hall–Kier alpha value is -2.53. The molecule has 24 heavy (non-hydrogen) atoms. The highest BCUT2D eigenvalue weighted by atomic mass is 35.5. The van der Waals surface area contributed by atoms with E-state index < -0.39 is 0 Å². The maximum atomic E-state index is 11.7. The average Bonchev–Trinajstić information content (AvgIpc) is 2.60. The molecule has 0 heterocycles. The molecule has 0 aliphatic carbocycles. The average molecular weight is 347 g/mol. The molecule has 0 unspecified atom stereocenters. The molecule has 5 nitrogen and oxygen atoms in total. The van der Waals surface area contributed by atoms with Crippen LogP contribution >= 0.6 is 11.6 Å². The lowest BCUT2D eigenvalue weighted by Gasteiger charge is -2.08. The Balaban J connectivity index is 1.58. The fourth-order valence-electron chi connectivity index (χ4n) is 1.97. The van der Waals surface area contributed by atoms with E-state index in [1.807, 2.05) is 30.3 Å². The van der Waals surface area contributed by atoms with E-state index in [9.17, 15) is 9.59 Å². The molecule has 2 aromatic rings. The van der Waals surface area contributed by atoms with Gasteiger partial charge in [0.05, 0.1) is 13.0 Å². The number of hydrogen-bond acceptors (Lipinski definition) is 3. The van der Waals surface area contributed by atoms with Crippen LogP contribution in [-0.2, 0) is 16.0 Å². The van der Waals surface area contributed by atoms with E-state index in [0.29, 0.717) is 18.1 Å². The largest absolute Gasteiger partial charge is 0.494 e. The molecule has 2 aromatic carbocycles. The first kappa shape index (κ1) is 17.8. The van der Waals surface area contributed by atoms with Crippen molar-refractivity contribution < 1.29 is 14.3 Å². The number of para-hydroxylation sites is 1. The topological polar surface area (TPSA) is 67.4 Å². The van der Waals surface area contributed by atoms with Crippen molar-refractivity contribution in [2.75, 3.05) is 6.61 Å². The van der Waals surface area contributed by atoms with E-state index in [0.717, 1.165) is 11.3 Å².